The van der Waals surface area contributed by atoms with E-state index in [2.05, 4.69) is 32.4 Å². The van der Waals surface area contributed by atoms with Crippen molar-refractivity contribution in [3.05, 3.63) is 95.8 Å². The van der Waals surface area contributed by atoms with Crippen molar-refractivity contribution in [2.24, 2.45) is 0 Å². The number of carbonyl (C=O) groups excluding carboxylic acids is 3. The molecule has 0 aliphatic carbocycles. The molecule has 41 heavy (non-hydrogen) atoms. The Balaban J connectivity index is 1.26. The SMILES string of the molecule is COc1ccc2c(c1)C(=O)N(CC1(C#Cc3ccc(-c4nc(-c5cccnc5)ccc4O)cc3)NC(=O)NC1=O)C2. The summed E-state index contributed by atoms with van der Waals surface area (Å²) in [6.07, 6.45) is 3.37. The molecule has 10 heteroatoms. The van der Waals surface area contributed by atoms with Gasteiger partial charge >= 0.3 is 6.03 Å². The topological polar surface area (TPSA) is 134 Å². The third-order valence-corrected chi connectivity index (χ3v) is 6.98. The van der Waals surface area contributed by atoms with Gasteiger partial charge in [0.1, 0.15) is 17.2 Å². The largest absolute Gasteiger partial charge is 0.506 e. The number of nitrogens with one attached hydrogen (secondary N) is 2. The first-order valence-corrected chi connectivity index (χ1v) is 12.7. The van der Waals surface area contributed by atoms with Crippen molar-refractivity contribution in [3.8, 4) is 45.9 Å². The number of aromatic nitrogens is 2. The summed E-state index contributed by atoms with van der Waals surface area (Å²) < 4.78 is 5.23. The number of fused-ring (bicyclic) bond motifs is 1. The van der Waals surface area contributed by atoms with Gasteiger partial charge < -0.3 is 20.1 Å². The fourth-order valence-electron chi connectivity index (χ4n) is 4.84. The van der Waals surface area contributed by atoms with Crippen LogP contribution in [0, 0.1) is 11.8 Å². The first-order valence-electron chi connectivity index (χ1n) is 12.7. The first-order chi connectivity index (χ1) is 19.8. The maximum Gasteiger partial charge on any atom is 0.323 e. The highest BCUT2D eigenvalue weighted by molar-refractivity contribution is 6.10. The molecule has 4 aromatic rings. The molecule has 2 aromatic heterocycles. The second-order valence-electron chi connectivity index (χ2n) is 9.63. The molecule has 0 bridgehead atoms. The van der Waals surface area contributed by atoms with Gasteiger partial charge in [0.05, 0.1) is 19.3 Å². The summed E-state index contributed by atoms with van der Waals surface area (Å²) in [6.45, 7) is 0.137. The first kappa shape index (κ1) is 25.6. The summed E-state index contributed by atoms with van der Waals surface area (Å²) in [4.78, 5) is 48.4. The summed E-state index contributed by atoms with van der Waals surface area (Å²) in [5.41, 5.74) is 2.75. The molecule has 1 fully saturated rings. The lowest BCUT2D eigenvalue weighted by molar-refractivity contribution is -0.122. The molecule has 2 aliphatic rings. The molecule has 0 spiro atoms. The Hall–Kier alpha value is -5.69. The lowest BCUT2D eigenvalue weighted by Gasteiger charge is -2.26. The second-order valence-corrected chi connectivity index (χ2v) is 9.63. The van der Waals surface area contributed by atoms with E-state index in [1.54, 1.807) is 67.0 Å². The monoisotopic (exact) mass is 545 g/mol. The maximum absolute atomic E-state index is 13.1. The minimum Gasteiger partial charge on any atom is -0.506 e. The van der Waals surface area contributed by atoms with Crippen molar-refractivity contribution in [1.29, 1.82) is 0 Å². The van der Waals surface area contributed by atoms with Crippen LogP contribution in [0.15, 0.2) is 79.1 Å². The van der Waals surface area contributed by atoms with Crippen LogP contribution in [0.2, 0.25) is 0 Å². The number of pyridine rings is 2. The molecular weight excluding hydrogens is 522 g/mol. The second kappa shape index (κ2) is 10.1. The van der Waals surface area contributed by atoms with Gasteiger partial charge in [-0.25, -0.2) is 9.78 Å². The Bertz CT molecular complexity index is 1760. The van der Waals surface area contributed by atoms with Crippen LogP contribution < -0.4 is 15.4 Å². The summed E-state index contributed by atoms with van der Waals surface area (Å²) in [7, 11) is 1.52. The number of ether oxygens (including phenoxy) is 1. The van der Waals surface area contributed by atoms with Crippen LogP contribution in [-0.4, -0.2) is 57.0 Å². The summed E-state index contributed by atoms with van der Waals surface area (Å²) in [5, 5.41) is 15.3. The highest BCUT2D eigenvalue weighted by Crippen LogP contribution is 2.31. The number of hydrogen-bond acceptors (Lipinski definition) is 7. The number of nitrogens with zero attached hydrogens (tertiary/aromatic N) is 3. The van der Waals surface area contributed by atoms with Crippen LogP contribution >= 0.6 is 0 Å². The van der Waals surface area contributed by atoms with Gasteiger partial charge in [0.15, 0.2) is 0 Å². The zero-order valence-corrected chi connectivity index (χ0v) is 21.8. The average Bonchev–Trinajstić information content (AvgIpc) is 3.46. The van der Waals surface area contributed by atoms with Crippen molar-refractivity contribution >= 4 is 17.8 Å². The quantitative estimate of drug-likeness (QED) is 0.259. The number of imide groups is 1. The fourth-order valence-corrected chi connectivity index (χ4v) is 4.84. The smallest absolute Gasteiger partial charge is 0.323 e. The van der Waals surface area contributed by atoms with Crippen molar-refractivity contribution in [2.75, 3.05) is 13.7 Å². The highest BCUT2D eigenvalue weighted by Gasteiger charge is 2.48. The Kier molecular flexibility index (Phi) is 6.32. The molecule has 2 aliphatic heterocycles. The minimum absolute atomic E-state index is 0.0228. The van der Waals surface area contributed by atoms with E-state index in [4.69, 9.17) is 4.74 Å². The van der Waals surface area contributed by atoms with E-state index in [0.717, 1.165) is 11.1 Å². The van der Waals surface area contributed by atoms with E-state index in [-0.39, 0.29) is 24.7 Å². The van der Waals surface area contributed by atoms with E-state index in [9.17, 15) is 19.5 Å². The number of benzene rings is 2. The molecule has 4 heterocycles. The van der Waals surface area contributed by atoms with E-state index in [0.29, 0.717) is 33.8 Å². The zero-order valence-electron chi connectivity index (χ0n) is 21.8. The average molecular weight is 546 g/mol. The Morgan fingerprint density at radius 1 is 1.05 bits per heavy atom. The number of amides is 4. The predicted molar refractivity (Wildman–Crippen MR) is 149 cm³/mol. The van der Waals surface area contributed by atoms with E-state index < -0.39 is 17.5 Å². The Labute approximate surface area is 235 Å². The number of carbonyl (C=O) groups is 3. The van der Waals surface area contributed by atoms with Crippen molar-refractivity contribution in [2.45, 2.75) is 12.1 Å². The van der Waals surface area contributed by atoms with Gasteiger partial charge in [-0.15, -0.1) is 0 Å². The van der Waals surface area contributed by atoms with E-state index in [1.165, 1.54) is 12.0 Å². The molecule has 1 atom stereocenters. The van der Waals surface area contributed by atoms with Crippen LogP contribution in [-0.2, 0) is 11.3 Å². The van der Waals surface area contributed by atoms with Crippen LogP contribution in [0.25, 0.3) is 22.5 Å². The third kappa shape index (κ3) is 4.81. The summed E-state index contributed by atoms with van der Waals surface area (Å²) in [6, 6.07) is 18.5. The lowest BCUT2D eigenvalue weighted by atomic mass is 9.98. The maximum atomic E-state index is 13.1. The molecule has 0 saturated carbocycles. The van der Waals surface area contributed by atoms with Gasteiger partial charge in [-0.2, -0.15) is 0 Å². The van der Waals surface area contributed by atoms with Gasteiger partial charge in [-0.1, -0.05) is 30.0 Å². The van der Waals surface area contributed by atoms with Gasteiger partial charge in [-0.3, -0.25) is 19.9 Å². The van der Waals surface area contributed by atoms with Crippen LogP contribution in [0.4, 0.5) is 4.79 Å². The van der Waals surface area contributed by atoms with Crippen LogP contribution in [0.5, 0.6) is 11.5 Å². The molecule has 3 N–H and O–H groups in total. The molecule has 202 valence electrons. The summed E-state index contributed by atoms with van der Waals surface area (Å²) >= 11 is 0. The molecular formula is C31H23N5O5. The van der Waals surface area contributed by atoms with Gasteiger partial charge in [-0.05, 0) is 54.1 Å². The van der Waals surface area contributed by atoms with Crippen molar-refractivity contribution < 1.29 is 24.2 Å². The molecule has 2 aromatic carbocycles. The van der Waals surface area contributed by atoms with E-state index in [1.807, 2.05) is 12.1 Å². The zero-order chi connectivity index (χ0) is 28.6. The normalized spacial score (nSPS) is 17.4. The van der Waals surface area contributed by atoms with Gasteiger partial charge in [0.2, 0.25) is 5.54 Å². The number of hydrogen-bond donors (Lipinski definition) is 3. The standard InChI is InChI=1S/C31H23N5O5/c1-41-23-9-8-22-17-36(28(38)24(22)15-23)18-31(29(39)34-30(40)35-31)13-12-19-4-6-20(7-5-19)27-26(37)11-10-25(33-27)21-3-2-14-32-16-21/h2-11,14-16,37H,17-18H2,1H3,(H2,34,35,39,40). The van der Waals surface area contributed by atoms with Crippen molar-refractivity contribution in [3.63, 3.8) is 0 Å². The van der Waals surface area contributed by atoms with Crippen molar-refractivity contribution in [1.82, 2.24) is 25.5 Å². The number of methoxy groups -OCH3 is 1. The molecule has 1 unspecified atom stereocenters. The molecule has 10 nitrogen and oxygen atoms in total. The summed E-state index contributed by atoms with van der Waals surface area (Å²) in [5.74, 6) is 5.53. The highest BCUT2D eigenvalue weighted by atomic mass is 16.5. The lowest BCUT2D eigenvalue weighted by Crippen LogP contribution is -2.54. The Morgan fingerprint density at radius 2 is 1.88 bits per heavy atom. The van der Waals surface area contributed by atoms with E-state index >= 15 is 0 Å². The third-order valence-electron chi connectivity index (χ3n) is 6.98. The molecule has 6 rings (SSSR count). The molecule has 0 radical (unpaired) electrons. The number of rotatable bonds is 5. The predicted octanol–water partition coefficient (Wildman–Crippen LogP) is 3.11. The van der Waals surface area contributed by atoms with Crippen LogP contribution in [0.3, 0.4) is 0 Å². The molecule has 4 amide bonds. The van der Waals surface area contributed by atoms with Gasteiger partial charge in [0, 0.05) is 41.2 Å². The van der Waals surface area contributed by atoms with Crippen LogP contribution in [0.1, 0.15) is 21.5 Å². The minimum atomic E-state index is -1.63. The Morgan fingerprint density at radius 3 is 2.59 bits per heavy atom. The van der Waals surface area contributed by atoms with Gasteiger partial charge in [0.25, 0.3) is 11.8 Å². The number of urea groups is 1. The fraction of sp³-hybridized carbons (Fsp3) is 0.129. The number of aromatic hydroxyl groups is 1. The molecule has 1 saturated heterocycles.